The van der Waals surface area contributed by atoms with Crippen molar-refractivity contribution in [3.05, 3.63) is 78.0 Å². The van der Waals surface area contributed by atoms with Gasteiger partial charge in [0.05, 0.1) is 0 Å². The van der Waals surface area contributed by atoms with Crippen molar-refractivity contribution < 1.29 is 18.7 Å². The summed E-state index contributed by atoms with van der Waals surface area (Å²) in [6.07, 6.45) is 19.2. The number of rotatable bonds is 13. The van der Waals surface area contributed by atoms with Crippen molar-refractivity contribution in [2.45, 2.75) is 97.0 Å². The minimum Gasteiger partial charge on any atom is -0.460 e. The monoisotopic (exact) mass is 571 g/mol. The van der Waals surface area contributed by atoms with Crippen molar-refractivity contribution in [3.63, 3.8) is 0 Å². The minimum atomic E-state index is -0.475. The van der Waals surface area contributed by atoms with Crippen LogP contribution in [-0.4, -0.2) is 34.0 Å². The summed E-state index contributed by atoms with van der Waals surface area (Å²) >= 11 is 0. The van der Waals surface area contributed by atoms with E-state index in [9.17, 15) is 9.59 Å². The molecular formula is C35H45N3O4. The Bertz CT molecular complexity index is 1300. The minimum absolute atomic E-state index is 0.183. The van der Waals surface area contributed by atoms with Gasteiger partial charge in [0.1, 0.15) is 11.9 Å². The van der Waals surface area contributed by atoms with Crippen LogP contribution in [0.1, 0.15) is 113 Å². The average molecular weight is 572 g/mol. The zero-order valence-corrected chi connectivity index (χ0v) is 25.4. The molecule has 0 radical (unpaired) electrons. The van der Waals surface area contributed by atoms with Crippen molar-refractivity contribution in [1.82, 2.24) is 15.3 Å². The second kappa shape index (κ2) is 15.5. The molecule has 0 saturated heterocycles. The van der Waals surface area contributed by atoms with Gasteiger partial charge in [0.25, 0.3) is 5.91 Å². The van der Waals surface area contributed by atoms with Crippen LogP contribution in [-0.2, 0) is 9.53 Å². The number of aromatic nitrogens is 2. The molecule has 0 unspecified atom stereocenters. The van der Waals surface area contributed by atoms with Crippen LogP contribution in [0.25, 0.3) is 17.0 Å². The zero-order valence-electron chi connectivity index (χ0n) is 25.4. The molecule has 1 N–H and O–H groups in total. The van der Waals surface area contributed by atoms with Gasteiger partial charge in [-0.1, -0.05) is 69.2 Å². The molecule has 0 atom stereocenters. The number of unbranched alkanes of at least 4 members (excludes halogenated alkanes) is 2. The number of ether oxygens (including phenoxy) is 1. The molecule has 0 aliphatic heterocycles. The molecule has 3 aromatic rings. The van der Waals surface area contributed by atoms with Gasteiger partial charge >= 0.3 is 5.97 Å². The molecule has 7 nitrogen and oxygen atoms in total. The first-order chi connectivity index (χ1) is 20.3. The van der Waals surface area contributed by atoms with Crippen LogP contribution < -0.4 is 5.32 Å². The molecule has 1 aliphatic carbocycles. The Morgan fingerprint density at radius 1 is 1.02 bits per heavy atom. The van der Waals surface area contributed by atoms with Gasteiger partial charge in [-0.2, -0.15) is 0 Å². The van der Waals surface area contributed by atoms with Crippen molar-refractivity contribution in [2.24, 2.45) is 5.92 Å². The molecule has 2 heterocycles. The summed E-state index contributed by atoms with van der Waals surface area (Å²) in [5.74, 6) is 0.900. The van der Waals surface area contributed by atoms with Gasteiger partial charge in [0, 0.05) is 36.5 Å². The Morgan fingerprint density at radius 3 is 2.52 bits per heavy atom. The summed E-state index contributed by atoms with van der Waals surface area (Å²) in [5, 5.41) is 2.98. The molecule has 1 aromatic carbocycles. The molecule has 1 amide bonds. The molecule has 224 valence electrons. The van der Waals surface area contributed by atoms with Gasteiger partial charge in [-0.15, -0.1) is 0 Å². The lowest BCUT2D eigenvalue weighted by atomic mass is 9.86. The van der Waals surface area contributed by atoms with Gasteiger partial charge in [-0.3, -0.25) is 14.6 Å². The van der Waals surface area contributed by atoms with Crippen LogP contribution in [0.2, 0.25) is 0 Å². The number of pyridine rings is 1. The number of esters is 1. The molecular weight excluding hydrogens is 526 g/mol. The van der Waals surface area contributed by atoms with E-state index in [-0.39, 0.29) is 11.9 Å². The van der Waals surface area contributed by atoms with E-state index >= 15 is 0 Å². The summed E-state index contributed by atoms with van der Waals surface area (Å²) in [4.78, 5) is 33.4. The maximum atomic E-state index is 12.6. The fourth-order valence-corrected chi connectivity index (χ4v) is 5.44. The molecule has 42 heavy (non-hydrogen) atoms. The largest absolute Gasteiger partial charge is 0.460 e. The standard InChI is InChI=1S/C35H45N3O4/c1-35(2,3)42-32(39)17-8-7-16-30(29-15-11-22-36-24-29)27-18-20-28(21-19-27)34-38-31(25-41-34)33(40)37-23-10-9-14-26-12-5-4-6-13-26/h11,15-16,18-22,24-26H,4-10,12-14,17,23H2,1-3H3,(H,37,40)/b30-16-. The lowest BCUT2D eigenvalue weighted by Gasteiger charge is -2.21. The van der Waals surface area contributed by atoms with Gasteiger partial charge in [0.15, 0.2) is 5.69 Å². The third-order valence-corrected chi connectivity index (χ3v) is 7.56. The Hall–Kier alpha value is -3.74. The van der Waals surface area contributed by atoms with E-state index in [1.165, 1.54) is 44.8 Å². The fraction of sp³-hybridized carbons (Fsp3) is 0.486. The van der Waals surface area contributed by atoms with Crippen LogP contribution in [0.4, 0.5) is 0 Å². The molecule has 1 aliphatic rings. The zero-order chi connectivity index (χ0) is 29.8. The number of nitrogens with one attached hydrogen (secondary N) is 1. The summed E-state index contributed by atoms with van der Waals surface area (Å²) in [7, 11) is 0. The van der Waals surface area contributed by atoms with Gasteiger partial charge in [-0.25, -0.2) is 4.98 Å². The third kappa shape index (κ3) is 9.97. The van der Waals surface area contributed by atoms with Crippen molar-refractivity contribution in [2.75, 3.05) is 6.54 Å². The van der Waals surface area contributed by atoms with Crippen molar-refractivity contribution in [3.8, 4) is 11.5 Å². The first kappa shape index (κ1) is 31.2. The van der Waals surface area contributed by atoms with Crippen LogP contribution in [0, 0.1) is 5.92 Å². The first-order valence-corrected chi connectivity index (χ1v) is 15.5. The molecule has 0 bridgehead atoms. The number of carbonyl (C=O) groups is 2. The Kier molecular flexibility index (Phi) is 11.5. The van der Waals surface area contributed by atoms with E-state index in [2.05, 4.69) is 21.4 Å². The molecule has 1 fully saturated rings. The lowest BCUT2D eigenvalue weighted by Crippen LogP contribution is -2.24. The normalized spacial score (nSPS) is 14.5. The fourth-order valence-electron chi connectivity index (χ4n) is 5.44. The molecule has 4 rings (SSSR count). The number of benzene rings is 1. The highest BCUT2D eigenvalue weighted by Crippen LogP contribution is 2.28. The highest BCUT2D eigenvalue weighted by atomic mass is 16.6. The highest BCUT2D eigenvalue weighted by Gasteiger charge is 2.17. The quantitative estimate of drug-likeness (QED) is 0.164. The van der Waals surface area contributed by atoms with E-state index in [4.69, 9.17) is 9.15 Å². The summed E-state index contributed by atoms with van der Waals surface area (Å²) in [6.45, 7) is 6.29. The van der Waals surface area contributed by atoms with E-state index in [1.807, 2.05) is 63.4 Å². The number of oxazole rings is 1. The predicted molar refractivity (Wildman–Crippen MR) is 166 cm³/mol. The Morgan fingerprint density at radius 2 is 1.81 bits per heavy atom. The van der Waals surface area contributed by atoms with Crippen LogP contribution in [0.15, 0.2) is 65.5 Å². The first-order valence-electron chi connectivity index (χ1n) is 15.5. The maximum Gasteiger partial charge on any atom is 0.306 e. The lowest BCUT2D eigenvalue weighted by molar-refractivity contribution is -0.154. The van der Waals surface area contributed by atoms with Gasteiger partial charge in [0.2, 0.25) is 5.89 Å². The predicted octanol–water partition coefficient (Wildman–Crippen LogP) is 8.16. The van der Waals surface area contributed by atoms with E-state index in [0.717, 1.165) is 47.4 Å². The van der Waals surface area contributed by atoms with Crippen LogP contribution in [0.3, 0.4) is 0 Å². The second-order valence-electron chi connectivity index (χ2n) is 12.2. The van der Waals surface area contributed by atoms with Gasteiger partial charge < -0.3 is 14.5 Å². The van der Waals surface area contributed by atoms with Crippen LogP contribution >= 0.6 is 0 Å². The topological polar surface area (TPSA) is 94.3 Å². The van der Waals surface area contributed by atoms with Gasteiger partial charge in [-0.05, 0) is 75.3 Å². The average Bonchev–Trinajstić information content (AvgIpc) is 3.48. The molecule has 1 saturated carbocycles. The maximum absolute atomic E-state index is 12.6. The number of carbonyl (C=O) groups excluding carboxylic acids is 2. The summed E-state index contributed by atoms with van der Waals surface area (Å²) < 4.78 is 11.1. The molecule has 2 aromatic heterocycles. The Balaban J connectivity index is 1.32. The number of allylic oxidation sites excluding steroid dienone is 1. The number of amides is 1. The van der Waals surface area contributed by atoms with E-state index in [1.54, 1.807) is 6.20 Å². The Labute approximate surface area is 250 Å². The van der Waals surface area contributed by atoms with Crippen molar-refractivity contribution in [1.29, 1.82) is 0 Å². The summed E-state index contributed by atoms with van der Waals surface area (Å²) in [5.41, 5.74) is 3.66. The number of hydrogen-bond acceptors (Lipinski definition) is 6. The SMILES string of the molecule is CC(C)(C)OC(=O)CCC/C=C(/c1ccc(-c2nc(C(=O)NCCCCC3CCCCC3)co2)cc1)c1cccnc1. The van der Waals surface area contributed by atoms with Crippen LogP contribution in [0.5, 0.6) is 0 Å². The summed E-state index contributed by atoms with van der Waals surface area (Å²) in [6, 6.07) is 11.8. The second-order valence-corrected chi connectivity index (χ2v) is 12.2. The smallest absolute Gasteiger partial charge is 0.306 e. The van der Waals surface area contributed by atoms with Crippen molar-refractivity contribution >= 4 is 17.4 Å². The molecule has 7 heteroatoms. The van der Waals surface area contributed by atoms with E-state index in [0.29, 0.717) is 31.0 Å². The molecule has 0 spiro atoms. The van der Waals surface area contributed by atoms with E-state index < -0.39 is 5.60 Å². The highest BCUT2D eigenvalue weighted by molar-refractivity contribution is 5.92. The number of hydrogen-bond donors (Lipinski definition) is 1. The number of nitrogens with zero attached hydrogens (tertiary/aromatic N) is 2. The third-order valence-electron chi connectivity index (χ3n) is 7.56.